The van der Waals surface area contributed by atoms with Crippen molar-refractivity contribution in [3.8, 4) is 0 Å². The van der Waals surface area contributed by atoms with E-state index in [1.54, 1.807) is 4.68 Å². The minimum absolute atomic E-state index is 0.182. The highest BCUT2D eigenvalue weighted by molar-refractivity contribution is 5.96. The normalized spacial score (nSPS) is 25.6. The number of primary amides is 1. The van der Waals surface area contributed by atoms with Crippen LogP contribution in [0.4, 0.5) is 5.82 Å². The molecular weight excluding hydrogens is 208 g/mol. The molecule has 6 nitrogen and oxygen atoms in total. The number of ether oxygens (including phenoxy) is 1. The predicted octanol–water partition coefficient (Wildman–Crippen LogP) is 0.162. The molecule has 1 aliphatic heterocycles. The number of aromatic nitrogens is 2. The summed E-state index contributed by atoms with van der Waals surface area (Å²) in [7, 11) is 0. The van der Waals surface area contributed by atoms with Gasteiger partial charge < -0.3 is 16.2 Å². The zero-order valence-corrected chi connectivity index (χ0v) is 9.22. The number of nitrogens with zero attached hydrogens (tertiary/aromatic N) is 2. The third-order valence-corrected chi connectivity index (χ3v) is 3.01. The van der Waals surface area contributed by atoms with Crippen LogP contribution in [0.1, 0.15) is 29.7 Å². The van der Waals surface area contributed by atoms with Gasteiger partial charge in [-0.15, -0.1) is 0 Å². The molecule has 0 aliphatic carbocycles. The molecule has 0 unspecified atom stereocenters. The van der Waals surface area contributed by atoms with E-state index in [9.17, 15) is 4.79 Å². The van der Waals surface area contributed by atoms with Crippen LogP contribution >= 0.6 is 0 Å². The van der Waals surface area contributed by atoms with Gasteiger partial charge in [-0.05, 0) is 6.42 Å². The molecule has 2 rings (SSSR count). The summed E-state index contributed by atoms with van der Waals surface area (Å²) < 4.78 is 7.04. The van der Waals surface area contributed by atoms with Crippen molar-refractivity contribution >= 4 is 11.7 Å². The van der Waals surface area contributed by atoms with Crippen LogP contribution in [0.3, 0.4) is 0 Å². The minimum atomic E-state index is -0.538. The molecule has 0 spiro atoms. The quantitative estimate of drug-likeness (QED) is 0.748. The van der Waals surface area contributed by atoms with E-state index in [4.69, 9.17) is 16.2 Å². The molecule has 1 aromatic heterocycles. The fraction of sp³-hybridized carbons (Fsp3) is 0.600. The summed E-state index contributed by atoms with van der Waals surface area (Å²) in [4.78, 5) is 11.1. The Morgan fingerprint density at radius 1 is 1.69 bits per heavy atom. The standard InChI is InChI=1S/C10H16N4O2/c1-6-5-16-3-2-8(6)14-9(11)7(4-13-14)10(12)15/h4,6,8H,2-3,5,11H2,1H3,(H2,12,15)/t6-,8+/m0/s1. The smallest absolute Gasteiger partial charge is 0.254 e. The molecule has 88 valence electrons. The van der Waals surface area contributed by atoms with Crippen molar-refractivity contribution in [1.82, 2.24) is 9.78 Å². The fourth-order valence-electron chi connectivity index (χ4n) is 2.06. The average Bonchev–Trinajstić information content (AvgIpc) is 2.61. The number of hydrogen-bond acceptors (Lipinski definition) is 4. The van der Waals surface area contributed by atoms with Gasteiger partial charge in [0.05, 0.1) is 18.8 Å². The van der Waals surface area contributed by atoms with Gasteiger partial charge in [-0.2, -0.15) is 5.10 Å². The number of hydrogen-bond donors (Lipinski definition) is 2. The van der Waals surface area contributed by atoms with Crippen LogP contribution in [0.15, 0.2) is 6.20 Å². The van der Waals surface area contributed by atoms with Crippen LogP contribution in [0.5, 0.6) is 0 Å². The molecule has 0 saturated carbocycles. The molecule has 0 radical (unpaired) electrons. The molecule has 0 aromatic carbocycles. The summed E-state index contributed by atoms with van der Waals surface area (Å²) >= 11 is 0. The number of rotatable bonds is 2. The van der Waals surface area contributed by atoms with Crippen LogP contribution in [0, 0.1) is 5.92 Å². The number of carbonyl (C=O) groups excluding carboxylic acids is 1. The van der Waals surface area contributed by atoms with E-state index >= 15 is 0 Å². The van der Waals surface area contributed by atoms with E-state index in [0.717, 1.165) is 6.42 Å². The van der Waals surface area contributed by atoms with E-state index in [0.29, 0.717) is 30.5 Å². The average molecular weight is 224 g/mol. The van der Waals surface area contributed by atoms with Gasteiger partial charge in [-0.25, -0.2) is 4.68 Å². The Balaban J connectivity index is 2.29. The molecule has 6 heteroatoms. The van der Waals surface area contributed by atoms with Gasteiger partial charge in [0.15, 0.2) is 0 Å². The molecule has 2 heterocycles. The molecule has 16 heavy (non-hydrogen) atoms. The first kappa shape index (κ1) is 10.9. The maximum Gasteiger partial charge on any atom is 0.254 e. The second kappa shape index (κ2) is 4.13. The first-order valence-corrected chi connectivity index (χ1v) is 5.31. The first-order valence-electron chi connectivity index (χ1n) is 5.31. The summed E-state index contributed by atoms with van der Waals surface area (Å²) in [5.74, 6) is 0.145. The zero-order valence-electron chi connectivity index (χ0n) is 9.22. The molecule has 1 aliphatic rings. The van der Waals surface area contributed by atoms with Crippen molar-refractivity contribution in [2.75, 3.05) is 18.9 Å². The Hall–Kier alpha value is -1.56. The van der Waals surface area contributed by atoms with Gasteiger partial charge >= 0.3 is 0 Å². The Labute approximate surface area is 93.5 Å². The van der Waals surface area contributed by atoms with Gasteiger partial charge in [-0.3, -0.25) is 4.79 Å². The van der Waals surface area contributed by atoms with Crippen molar-refractivity contribution in [1.29, 1.82) is 0 Å². The number of nitrogen functional groups attached to an aromatic ring is 1. The lowest BCUT2D eigenvalue weighted by Crippen LogP contribution is -2.29. The van der Waals surface area contributed by atoms with Crippen LogP contribution in [-0.2, 0) is 4.74 Å². The van der Waals surface area contributed by atoms with Gasteiger partial charge in [0, 0.05) is 12.5 Å². The monoisotopic (exact) mass is 224 g/mol. The van der Waals surface area contributed by atoms with Gasteiger partial charge in [-0.1, -0.05) is 6.92 Å². The van der Waals surface area contributed by atoms with E-state index in [1.165, 1.54) is 6.20 Å². The van der Waals surface area contributed by atoms with Crippen molar-refractivity contribution in [2.24, 2.45) is 11.7 Å². The van der Waals surface area contributed by atoms with Gasteiger partial charge in [0.2, 0.25) is 0 Å². The van der Waals surface area contributed by atoms with Gasteiger partial charge in [0.1, 0.15) is 11.4 Å². The summed E-state index contributed by atoms with van der Waals surface area (Å²) in [6.07, 6.45) is 2.28. The second-order valence-electron chi connectivity index (χ2n) is 4.16. The highest BCUT2D eigenvalue weighted by Gasteiger charge is 2.27. The summed E-state index contributed by atoms with van der Waals surface area (Å²) in [6.45, 7) is 3.46. The first-order chi connectivity index (χ1) is 7.61. The Bertz CT molecular complexity index is 402. The summed E-state index contributed by atoms with van der Waals surface area (Å²) in [5.41, 5.74) is 11.3. The molecule has 1 aromatic rings. The van der Waals surface area contributed by atoms with Crippen LogP contribution in [-0.4, -0.2) is 28.9 Å². The number of carbonyl (C=O) groups is 1. The van der Waals surface area contributed by atoms with E-state index in [1.807, 2.05) is 0 Å². The van der Waals surface area contributed by atoms with Crippen molar-refractivity contribution in [3.05, 3.63) is 11.8 Å². The number of anilines is 1. The summed E-state index contributed by atoms with van der Waals surface area (Å²) in [6, 6.07) is 0.182. The number of nitrogens with two attached hydrogens (primary N) is 2. The maximum atomic E-state index is 11.1. The molecule has 2 atom stereocenters. The predicted molar refractivity (Wildman–Crippen MR) is 58.8 cm³/mol. The van der Waals surface area contributed by atoms with E-state index in [2.05, 4.69) is 12.0 Å². The lowest BCUT2D eigenvalue weighted by atomic mass is 9.98. The van der Waals surface area contributed by atoms with Crippen molar-refractivity contribution in [2.45, 2.75) is 19.4 Å². The largest absolute Gasteiger partial charge is 0.383 e. The highest BCUT2D eigenvalue weighted by atomic mass is 16.5. The molecule has 1 fully saturated rings. The fourth-order valence-corrected chi connectivity index (χ4v) is 2.06. The maximum absolute atomic E-state index is 11.1. The Kier molecular flexibility index (Phi) is 2.82. The highest BCUT2D eigenvalue weighted by Crippen LogP contribution is 2.29. The second-order valence-corrected chi connectivity index (χ2v) is 4.16. The third kappa shape index (κ3) is 1.76. The van der Waals surface area contributed by atoms with Crippen LogP contribution in [0.25, 0.3) is 0 Å². The molecular formula is C10H16N4O2. The van der Waals surface area contributed by atoms with Crippen LogP contribution < -0.4 is 11.5 Å². The lowest BCUT2D eigenvalue weighted by Gasteiger charge is -2.29. The van der Waals surface area contributed by atoms with Crippen molar-refractivity contribution in [3.63, 3.8) is 0 Å². The molecule has 0 bridgehead atoms. The minimum Gasteiger partial charge on any atom is -0.383 e. The molecule has 1 amide bonds. The lowest BCUT2D eigenvalue weighted by molar-refractivity contribution is 0.0257. The Morgan fingerprint density at radius 2 is 2.44 bits per heavy atom. The zero-order chi connectivity index (χ0) is 11.7. The van der Waals surface area contributed by atoms with E-state index < -0.39 is 5.91 Å². The SMILES string of the molecule is C[C@H]1COCC[C@H]1n1ncc(C(N)=O)c1N. The topological polar surface area (TPSA) is 96.2 Å². The van der Waals surface area contributed by atoms with Gasteiger partial charge in [0.25, 0.3) is 5.91 Å². The Morgan fingerprint density at radius 3 is 3.00 bits per heavy atom. The molecule has 1 saturated heterocycles. The number of amides is 1. The third-order valence-electron chi connectivity index (χ3n) is 3.01. The van der Waals surface area contributed by atoms with E-state index in [-0.39, 0.29) is 6.04 Å². The van der Waals surface area contributed by atoms with Crippen molar-refractivity contribution < 1.29 is 9.53 Å². The summed E-state index contributed by atoms with van der Waals surface area (Å²) in [5, 5.41) is 4.15. The molecule has 4 N–H and O–H groups in total. The van der Waals surface area contributed by atoms with Crippen LogP contribution in [0.2, 0.25) is 0 Å².